The SMILES string of the molecule is C=CCOC12Oc3ccc(Oc4ccc(OC)c(C=O)c4)cc3C3C(CCCCO)C(CCCCO)C=C(C(=NOC4CCCCO4)CC1N(Cc1cccc4ccccc14)C(=O)c1ccc(C#N)cc1)C32. The minimum atomic E-state index is -1.55. The number of aliphatic hydroxyl groups excluding tert-OH is 2. The molecule has 13 heteroatoms. The second-order valence-corrected chi connectivity index (χ2v) is 19.1. The first-order valence-corrected chi connectivity index (χ1v) is 25.3. The van der Waals surface area contributed by atoms with Crippen molar-refractivity contribution in [2.24, 2.45) is 22.9 Å². The summed E-state index contributed by atoms with van der Waals surface area (Å²) in [5.74, 6) is -0.838. The summed E-state index contributed by atoms with van der Waals surface area (Å²) in [6, 6.07) is 33.1. The Morgan fingerprint density at radius 3 is 2.47 bits per heavy atom. The summed E-state index contributed by atoms with van der Waals surface area (Å²) in [4.78, 5) is 36.1. The standard InChI is InChI=1S/C59H63N3O10/c1-3-30-69-59-54(62(58(66)41-22-20-39(36-60)21-23-41)37-43-16-12-15-40-13-4-5-17-47(40)43)35-51(61-72-55-19-8-11-31-68-55)49-33-42(14-6-9-28-63)48(18-7-10-29-64)56(57(49)59)50-34-46(25-27-53(50)71-59)70-45-24-26-52(67-2)44(32-45)38-65/h3-5,12-13,15-17,20-27,32-34,38,42,48,54-57,63-64H,1,6-11,14,18-19,28-31,35,37H2,2H3. The van der Waals surface area contributed by atoms with Crippen molar-refractivity contribution in [3.8, 4) is 29.1 Å². The Bertz CT molecular complexity index is 2830. The number of fused-ring (bicyclic) bond motifs is 3. The normalized spacial score (nSPS) is 23.6. The highest BCUT2D eigenvalue weighted by atomic mass is 16.8. The Balaban J connectivity index is 1.28. The third kappa shape index (κ3) is 10.4. The van der Waals surface area contributed by atoms with Gasteiger partial charge in [-0.15, -0.1) is 6.58 Å². The maximum absolute atomic E-state index is 15.7. The molecule has 2 fully saturated rings. The Morgan fingerprint density at radius 2 is 1.72 bits per heavy atom. The Hall–Kier alpha value is -6.82. The van der Waals surface area contributed by atoms with Crippen molar-refractivity contribution in [1.29, 1.82) is 5.26 Å². The summed E-state index contributed by atoms with van der Waals surface area (Å²) in [7, 11) is 1.51. The highest BCUT2D eigenvalue weighted by molar-refractivity contribution is 6.03. The molecule has 4 aliphatic rings. The van der Waals surface area contributed by atoms with Gasteiger partial charge in [0.15, 0.2) is 6.29 Å². The molecule has 9 rings (SSSR count). The van der Waals surface area contributed by atoms with Crippen LogP contribution in [0.1, 0.15) is 108 Å². The maximum Gasteiger partial charge on any atom is 0.254 e. The number of hydrogen-bond acceptors (Lipinski definition) is 12. The number of amides is 1. The number of carbonyl (C=O) groups excluding carboxylic acids is 2. The van der Waals surface area contributed by atoms with E-state index in [0.717, 1.165) is 72.3 Å². The third-order valence-corrected chi connectivity index (χ3v) is 14.7. The van der Waals surface area contributed by atoms with E-state index >= 15 is 4.79 Å². The Labute approximate surface area is 421 Å². The molecule has 13 nitrogen and oxygen atoms in total. The first-order valence-electron chi connectivity index (χ1n) is 25.3. The zero-order valence-corrected chi connectivity index (χ0v) is 40.8. The summed E-state index contributed by atoms with van der Waals surface area (Å²) < 4.78 is 32.9. The molecule has 0 aromatic heterocycles. The van der Waals surface area contributed by atoms with Crippen molar-refractivity contribution in [2.75, 3.05) is 33.5 Å². The monoisotopic (exact) mass is 973 g/mol. The second kappa shape index (κ2) is 23.2. The van der Waals surface area contributed by atoms with Gasteiger partial charge < -0.3 is 43.6 Å². The van der Waals surface area contributed by atoms with Gasteiger partial charge >= 0.3 is 0 Å². The molecular formula is C59H63N3O10. The number of allylic oxidation sites excluding steroid dienone is 1. The molecule has 2 N–H and O–H groups in total. The summed E-state index contributed by atoms with van der Waals surface area (Å²) in [6.45, 7) is 5.03. The molecule has 7 atom stereocenters. The largest absolute Gasteiger partial charge is 0.496 e. The van der Waals surface area contributed by atoms with E-state index in [2.05, 4.69) is 36.9 Å². The summed E-state index contributed by atoms with van der Waals surface area (Å²) in [5.41, 5.74) is 4.50. The number of hydrogen-bond donors (Lipinski definition) is 2. The summed E-state index contributed by atoms with van der Waals surface area (Å²) in [5, 5.41) is 37.1. The van der Waals surface area contributed by atoms with Crippen LogP contribution in [0.15, 0.2) is 133 Å². The lowest BCUT2D eigenvalue weighted by Crippen LogP contribution is -2.70. The molecule has 2 aliphatic heterocycles. The Kier molecular flexibility index (Phi) is 16.1. The number of oxime groups is 1. The molecule has 1 saturated heterocycles. The highest BCUT2D eigenvalue weighted by Crippen LogP contribution is 2.62. The number of unbranched alkanes of at least 4 members (excludes halogenated alkanes) is 2. The molecule has 5 aromatic rings. The minimum absolute atomic E-state index is 0.00407. The molecule has 7 unspecified atom stereocenters. The second-order valence-electron chi connectivity index (χ2n) is 19.1. The third-order valence-electron chi connectivity index (χ3n) is 14.7. The molecule has 1 saturated carbocycles. The van der Waals surface area contributed by atoms with Gasteiger partial charge in [-0.05, 0) is 133 Å². The first kappa shape index (κ1) is 50.1. The fraction of sp³-hybridized carbons (Fsp3) is 0.390. The molecule has 0 bridgehead atoms. The van der Waals surface area contributed by atoms with Crippen LogP contribution < -0.4 is 14.2 Å². The number of aliphatic hydroxyl groups is 2. The number of methoxy groups -OCH3 is 1. The van der Waals surface area contributed by atoms with Crippen LogP contribution in [0.3, 0.4) is 0 Å². The summed E-state index contributed by atoms with van der Waals surface area (Å²) in [6.07, 6.45) is 11.2. The van der Waals surface area contributed by atoms with Crippen molar-refractivity contribution >= 4 is 28.7 Å². The average molecular weight is 974 g/mol. The van der Waals surface area contributed by atoms with Crippen molar-refractivity contribution in [2.45, 2.75) is 94.8 Å². The lowest BCUT2D eigenvalue weighted by atomic mass is 9.55. The predicted octanol–water partition coefficient (Wildman–Crippen LogP) is 10.8. The van der Waals surface area contributed by atoms with Crippen LogP contribution in [0.2, 0.25) is 0 Å². The molecule has 1 amide bonds. The van der Waals surface area contributed by atoms with Gasteiger partial charge in [0.05, 0.1) is 49.1 Å². The van der Waals surface area contributed by atoms with Crippen LogP contribution in [0.5, 0.6) is 23.0 Å². The minimum Gasteiger partial charge on any atom is -0.496 e. The van der Waals surface area contributed by atoms with E-state index in [1.807, 2.05) is 47.4 Å². The number of nitriles is 1. The van der Waals surface area contributed by atoms with Crippen LogP contribution in [0, 0.1) is 29.1 Å². The van der Waals surface area contributed by atoms with Crippen LogP contribution in [-0.2, 0) is 20.9 Å². The van der Waals surface area contributed by atoms with Gasteiger partial charge in [-0.1, -0.05) is 72.6 Å². The molecule has 2 heterocycles. The molecule has 72 heavy (non-hydrogen) atoms. The fourth-order valence-corrected chi connectivity index (χ4v) is 11.4. The first-order chi connectivity index (χ1) is 35.3. The lowest BCUT2D eigenvalue weighted by Gasteiger charge is -2.60. The van der Waals surface area contributed by atoms with E-state index in [9.17, 15) is 20.3 Å². The zero-order chi connectivity index (χ0) is 50.0. The quantitative estimate of drug-likeness (QED) is 0.0311. The number of benzene rings is 5. The van der Waals surface area contributed by atoms with Gasteiger partial charge in [0, 0.05) is 49.6 Å². The van der Waals surface area contributed by atoms with Gasteiger partial charge in [0.2, 0.25) is 12.1 Å². The molecule has 0 radical (unpaired) electrons. The number of nitrogens with zero attached hydrogens (tertiary/aromatic N) is 3. The average Bonchev–Trinajstić information content (AvgIpc) is 3.42. The van der Waals surface area contributed by atoms with E-state index in [-0.39, 0.29) is 56.4 Å². The van der Waals surface area contributed by atoms with E-state index in [0.29, 0.717) is 71.3 Å². The molecule has 0 spiro atoms. The zero-order valence-electron chi connectivity index (χ0n) is 40.8. The van der Waals surface area contributed by atoms with Gasteiger partial charge in [0.1, 0.15) is 29.0 Å². The van der Waals surface area contributed by atoms with Crippen molar-refractivity contribution in [3.63, 3.8) is 0 Å². The maximum atomic E-state index is 15.7. The Morgan fingerprint density at radius 1 is 0.944 bits per heavy atom. The van der Waals surface area contributed by atoms with Gasteiger partial charge in [-0.3, -0.25) is 9.59 Å². The van der Waals surface area contributed by atoms with Crippen LogP contribution >= 0.6 is 0 Å². The van der Waals surface area contributed by atoms with E-state index in [1.165, 1.54) is 7.11 Å². The van der Waals surface area contributed by atoms with Crippen molar-refractivity contribution in [1.82, 2.24) is 4.90 Å². The number of carbonyl (C=O) groups is 2. The van der Waals surface area contributed by atoms with Gasteiger partial charge in [0.25, 0.3) is 5.91 Å². The van der Waals surface area contributed by atoms with E-state index in [1.54, 1.807) is 48.5 Å². The van der Waals surface area contributed by atoms with Crippen LogP contribution in [0.25, 0.3) is 10.8 Å². The van der Waals surface area contributed by atoms with Gasteiger partial charge in [-0.25, -0.2) is 0 Å². The number of ether oxygens (including phenoxy) is 5. The highest BCUT2D eigenvalue weighted by Gasteiger charge is 2.65. The van der Waals surface area contributed by atoms with E-state index in [4.69, 9.17) is 33.7 Å². The summed E-state index contributed by atoms with van der Waals surface area (Å²) >= 11 is 0. The molecule has 2 aliphatic carbocycles. The van der Waals surface area contributed by atoms with Crippen molar-refractivity contribution < 1.29 is 48.3 Å². The number of rotatable bonds is 21. The molecular weight excluding hydrogens is 911 g/mol. The van der Waals surface area contributed by atoms with E-state index < -0.39 is 24.0 Å². The smallest absolute Gasteiger partial charge is 0.254 e. The topological polar surface area (TPSA) is 169 Å². The fourth-order valence-electron chi connectivity index (χ4n) is 11.4. The predicted molar refractivity (Wildman–Crippen MR) is 273 cm³/mol. The van der Waals surface area contributed by atoms with Crippen LogP contribution in [-0.4, -0.2) is 84.7 Å². The number of aldehydes is 1. The van der Waals surface area contributed by atoms with Gasteiger partial charge in [-0.2, -0.15) is 5.26 Å². The molecule has 374 valence electrons. The molecule has 5 aromatic carbocycles. The van der Waals surface area contributed by atoms with Crippen LogP contribution in [0.4, 0.5) is 0 Å². The lowest BCUT2D eigenvalue weighted by molar-refractivity contribution is -0.255. The van der Waals surface area contributed by atoms with Crippen molar-refractivity contribution in [3.05, 3.63) is 155 Å².